The summed E-state index contributed by atoms with van der Waals surface area (Å²) in [6.45, 7) is 1.52. The van der Waals surface area contributed by atoms with Crippen molar-refractivity contribution < 1.29 is 19.4 Å². The summed E-state index contributed by atoms with van der Waals surface area (Å²) >= 11 is 0. The van der Waals surface area contributed by atoms with E-state index in [1.165, 1.54) is 13.3 Å². The molecule has 0 saturated carbocycles. The second-order valence-electron chi connectivity index (χ2n) is 4.95. The van der Waals surface area contributed by atoms with E-state index in [0.717, 1.165) is 0 Å². The third-order valence-corrected chi connectivity index (χ3v) is 3.36. The van der Waals surface area contributed by atoms with Gasteiger partial charge in [-0.1, -0.05) is 0 Å². The van der Waals surface area contributed by atoms with Gasteiger partial charge in [-0.15, -0.1) is 0 Å². The van der Waals surface area contributed by atoms with Gasteiger partial charge in [-0.05, 0) is 0 Å². The maximum Gasteiger partial charge on any atom is 0.358 e. The third-order valence-electron chi connectivity index (χ3n) is 3.36. The fourth-order valence-electron chi connectivity index (χ4n) is 2.17. The Kier molecular flexibility index (Phi) is 4.51. The molecule has 1 aliphatic rings. The highest BCUT2D eigenvalue weighted by Crippen LogP contribution is 2.23. The average Bonchev–Trinajstić information content (AvgIpc) is 2.47. The van der Waals surface area contributed by atoms with Crippen LogP contribution in [0.25, 0.3) is 0 Å². The molecule has 0 aromatic carbocycles. The minimum Gasteiger partial charge on any atom is -0.464 e. The molecule has 1 saturated heterocycles. The van der Waals surface area contributed by atoms with Crippen LogP contribution < -0.4 is 4.90 Å². The largest absolute Gasteiger partial charge is 0.464 e. The molecule has 0 spiro atoms. The number of carbonyl (C=O) groups is 1. The number of esters is 1. The zero-order valence-corrected chi connectivity index (χ0v) is 11.7. The van der Waals surface area contributed by atoms with Crippen LogP contribution in [0.2, 0.25) is 0 Å². The Hall–Kier alpha value is -1.73. The van der Waals surface area contributed by atoms with Crippen LogP contribution in [0.1, 0.15) is 23.3 Å². The number of rotatable bonds is 4. The van der Waals surface area contributed by atoms with E-state index in [4.69, 9.17) is 4.74 Å². The van der Waals surface area contributed by atoms with Crippen LogP contribution in [0.3, 0.4) is 0 Å². The van der Waals surface area contributed by atoms with Gasteiger partial charge in [-0.3, -0.25) is 4.98 Å². The highest BCUT2D eigenvalue weighted by Gasteiger charge is 2.31. The maximum absolute atomic E-state index is 11.4. The number of carbonyl (C=O) groups excluding carboxylic acids is 1. The lowest BCUT2D eigenvalue weighted by molar-refractivity contribution is -0.0573. The number of hydrogen-bond acceptors (Lipinski definition) is 7. The standard InChI is InChI=1S/C13H19N3O4/c1-16(9-13(18)3-5-20-6-4-13)11-8-14-7-10(15-11)12(17)19-2/h7-8,18H,3-6,9H2,1-2H3. The molecule has 0 radical (unpaired) electrons. The van der Waals surface area contributed by atoms with Crippen LogP contribution in [0.15, 0.2) is 12.4 Å². The summed E-state index contributed by atoms with van der Waals surface area (Å²) in [5.74, 6) is -0.00894. The van der Waals surface area contributed by atoms with Crippen LogP contribution in [0.4, 0.5) is 5.82 Å². The first-order valence-corrected chi connectivity index (χ1v) is 6.46. The molecule has 7 nitrogen and oxygen atoms in total. The van der Waals surface area contributed by atoms with Crippen LogP contribution in [-0.2, 0) is 9.47 Å². The van der Waals surface area contributed by atoms with E-state index in [1.807, 2.05) is 0 Å². The zero-order chi connectivity index (χ0) is 14.6. The van der Waals surface area contributed by atoms with Gasteiger partial charge in [-0.2, -0.15) is 0 Å². The summed E-state index contributed by atoms with van der Waals surface area (Å²) in [7, 11) is 3.10. The monoisotopic (exact) mass is 281 g/mol. The smallest absolute Gasteiger partial charge is 0.358 e. The fraction of sp³-hybridized carbons (Fsp3) is 0.615. The van der Waals surface area contributed by atoms with Crippen molar-refractivity contribution in [2.24, 2.45) is 0 Å². The van der Waals surface area contributed by atoms with E-state index >= 15 is 0 Å². The van der Waals surface area contributed by atoms with Crippen molar-refractivity contribution in [2.45, 2.75) is 18.4 Å². The summed E-state index contributed by atoms with van der Waals surface area (Å²) in [6, 6.07) is 0. The highest BCUT2D eigenvalue weighted by atomic mass is 16.5. The predicted octanol–water partition coefficient (Wildman–Crippen LogP) is 0.241. The molecule has 0 bridgehead atoms. The van der Waals surface area contributed by atoms with Gasteiger partial charge in [0.15, 0.2) is 5.69 Å². The van der Waals surface area contributed by atoms with Crippen molar-refractivity contribution in [3.05, 3.63) is 18.1 Å². The first-order chi connectivity index (χ1) is 9.54. The second-order valence-corrected chi connectivity index (χ2v) is 4.95. The van der Waals surface area contributed by atoms with Crippen molar-refractivity contribution in [1.82, 2.24) is 9.97 Å². The highest BCUT2D eigenvalue weighted by molar-refractivity contribution is 5.87. The molecule has 1 N–H and O–H groups in total. The van der Waals surface area contributed by atoms with Crippen LogP contribution in [-0.4, -0.2) is 60.6 Å². The number of methoxy groups -OCH3 is 1. The maximum atomic E-state index is 11.4. The van der Waals surface area contributed by atoms with E-state index in [1.54, 1.807) is 18.1 Å². The van der Waals surface area contributed by atoms with Crippen molar-refractivity contribution >= 4 is 11.8 Å². The molecule has 1 aromatic heterocycles. The van der Waals surface area contributed by atoms with Gasteiger partial charge in [0.1, 0.15) is 5.82 Å². The molecule has 0 atom stereocenters. The Morgan fingerprint density at radius 1 is 1.50 bits per heavy atom. The Balaban J connectivity index is 2.08. The van der Waals surface area contributed by atoms with Gasteiger partial charge in [0, 0.05) is 39.6 Å². The van der Waals surface area contributed by atoms with E-state index < -0.39 is 11.6 Å². The second kappa shape index (κ2) is 6.15. The quantitative estimate of drug-likeness (QED) is 0.791. The lowest BCUT2D eigenvalue weighted by Crippen LogP contribution is -2.46. The Labute approximate surface area is 117 Å². The number of ether oxygens (including phenoxy) is 2. The van der Waals surface area contributed by atoms with Crippen LogP contribution in [0, 0.1) is 0 Å². The zero-order valence-electron chi connectivity index (χ0n) is 11.7. The molecule has 1 aliphatic heterocycles. The molecule has 110 valence electrons. The van der Waals surface area contributed by atoms with Crippen molar-refractivity contribution in [3.63, 3.8) is 0 Å². The average molecular weight is 281 g/mol. The number of likely N-dealkylation sites (N-methyl/N-ethyl adjacent to an activating group) is 1. The van der Waals surface area contributed by atoms with Crippen LogP contribution in [0.5, 0.6) is 0 Å². The Bertz CT molecular complexity index is 474. The molecule has 7 heteroatoms. The van der Waals surface area contributed by atoms with E-state index in [0.29, 0.717) is 38.4 Å². The molecular formula is C13H19N3O4. The molecule has 20 heavy (non-hydrogen) atoms. The van der Waals surface area contributed by atoms with Crippen molar-refractivity contribution in [3.8, 4) is 0 Å². The van der Waals surface area contributed by atoms with E-state index in [2.05, 4.69) is 14.7 Å². The van der Waals surface area contributed by atoms with Gasteiger partial charge in [0.05, 0.1) is 25.1 Å². The lowest BCUT2D eigenvalue weighted by atomic mass is 9.94. The molecule has 2 rings (SSSR count). The minimum absolute atomic E-state index is 0.149. The van der Waals surface area contributed by atoms with Crippen molar-refractivity contribution in [2.75, 3.05) is 38.8 Å². The first-order valence-electron chi connectivity index (χ1n) is 6.46. The number of hydrogen-bond donors (Lipinski definition) is 1. The summed E-state index contributed by atoms with van der Waals surface area (Å²) in [5.41, 5.74) is -0.647. The fourth-order valence-corrected chi connectivity index (χ4v) is 2.17. The topological polar surface area (TPSA) is 84.8 Å². The number of nitrogens with zero attached hydrogens (tertiary/aromatic N) is 3. The molecular weight excluding hydrogens is 262 g/mol. The molecule has 2 heterocycles. The van der Waals surface area contributed by atoms with Gasteiger partial charge in [-0.25, -0.2) is 9.78 Å². The third kappa shape index (κ3) is 3.43. The normalized spacial score (nSPS) is 17.6. The predicted molar refractivity (Wildman–Crippen MR) is 71.6 cm³/mol. The van der Waals surface area contributed by atoms with E-state index in [-0.39, 0.29) is 5.69 Å². The Morgan fingerprint density at radius 3 is 2.85 bits per heavy atom. The molecule has 1 fully saturated rings. The summed E-state index contributed by atoms with van der Waals surface area (Å²) < 4.78 is 9.86. The minimum atomic E-state index is -0.796. The van der Waals surface area contributed by atoms with Gasteiger partial charge < -0.3 is 19.5 Å². The van der Waals surface area contributed by atoms with E-state index in [9.17, 15) is 9.90 Å². The molecule has 0 aliphatic carbocycles. The summed E-state index contributed by atoms with van der Waals surface area (Å²) in [4.78, 5) is 21.4. The number of aliphatic hydroxyl groups is 1. The van der Waals surface area contributed by atoms with Gasteiger partial charge in [0.2, 0.25) is 0 Å². The van der Waals surface area contributed by atoms with Gasteiger partial charge >= 0.3 is 5.97 Å². The van der Waals surface area contributed by atoms with Crippen LogP contribution >= 0.6 is 0 Å². The summed E-state index contributed by atoms with van der Waals surface area (Å²) in [5, 5.41) is 10.5. The molecule has 1 aromatic rings. The number of anilines is 1. The Morgan fingerprint density at radius 2 is 2.20 bits per heavy atom. The lowest BCUT2D eigenvalue weighted by Gasteiger charge is -2.35. The van der Waals surface area contributed by atoms with Gasteiger partial charge in [0.25, 0.3) is 0 Å². The summed E-state index contributed by atoms with van der Waals surface area (Å²) in [6.07, 6.45) is 4.07. The molecule has 0 unspecified atom stereocenters. The number of aromatic nitrogens is 2. The molecule has 0 amide bonds. The SMILES string of the molecule is COC(=O)c1cncc(N(C)CC2(O)CCOCC2)n1. The van der Waals surface area contributed by atoms with Crippen molar-refractivity contribution in [1.29, 1.82) is 0 Å². The first kappa shape index (κ1) is 14.7.